The van der Waals surface area contributed by atoms with E-state index in [0.717, 1.165) is 18.5 Å². The number of primary amides is 1. The minimum absolute atomic E-state index is 0.0568. The highest BCUT2D eigenvalue weighted by Crippen LogP contribution is 2.38. The number of anilines is 1. The molecular formula is C27H26FN5O3. The number of benzene rings is 3. The van der Waals surface area contributed by atoms with Gasteiger partial charge in [0, 0.05) is 66.2 Å². The fourth-order valence-electron chi connectivity index (χ4n) is 4.78. The molecule has 8 nitrogen and oxygen atoms in total. The SMILES string of the molecule is CC(=O)Nc1ccc(-c2ccc(C(N)=O)c3[nH]c4cc(C(=O)N5CCN(C)CC5)ccc4c23)c(F)c1. The molecular weight excluding hydrogens is 461 g/mol. The topological polar surface area (TPSA) is 112 Å². The van der Waals surface area contributed by atoms with E-state index in [0.29, 0.717) is 51.9 Å². The van der Waals surface area contributed by atoms with Crippen molar-refractivity contribution in [1.29, 1.82) is 0 Å². The molecule has 3 amide bonds. The fourth-order valence-corrected chi connectivity index (χ4v) is 4.78. The zero-order valence-corrected chi connectivity index (χ0v) is 20.0. The molecule has 36 heavy (non-hydrogen) atoms. The van der Waals surface area contributed by atoms with Gasteiger partial charge in [0.2, 0.25) is 5.91 Å². The van der Waals surface area contributed by atoms with E-state index in [1.807, 2.05) is 18.0 Å². The first-order valence-corrected chi connectivity index (χ1v) is 11.7. The maximum Gasteiger partial charge on any atom is 0.254 e. The summed E-state index contributed by atoms with van der Waals surface area (Å²) in [7, 11) is 2.03. The number of fused-ring (bicyclic) bond motifs is 3. The van der Waals surface area contributed by atoms with Gasteiger partial charge in [0.15, 0.2) is 0 Å². The zero-order chi connectivity index (χ0) is 25.6. The smallest absolute Gasteiger partial charge is 0.254 e. The molecule has 0 atom stereocenters. The van der Waals surface area contributed by atoms with E-state index >= 15 is 4.39 Å². The summed E-state index contributed by atoms with van der Waals surface area (Å²) in [6, 6.07) is 13.0. The van der Waals surface area contributed by atoms with Gasteiger partial charge < -0.3 is 25.8 Å². The Balaban J connectivity index is 1.64. The summed E-state index contributed by atoms with van der Waals surface area (Å²) in [6.45, 7) is 4.30. The molecule has 1 saturated heterocycles. The van der Waals surface area contributed by atoms with E-state index in [1.165, 1.54) is 13.0 Å². The van der Waals surface area contributed by atoms with Gasteiger partial charge in [-0.05, 0) is 49.0 Å². The van der Waals surface area contributed by atoms with Gasteiger partial charge in [-0.2, -0.15) is 0 Å². The number of carbonyl (C=O) groups is 3. The lowest BCUT2D eigenvalue weighted by Gasteiger charge is -2.32. The first kappa shape index (κ1) is 23.5. The molecule has 0 spiro atoms. The number of H-pyrrole nitrogens is 1. The molecule has 3 aromatic carbocycles. The number of likely N-dealkylation sites (N-methyl/N-ethyl adjacent to an activating group) is 1. The Morgan fingerprint density at radius 3 is 2.36 bits per heavy atom. The Labute approximate surface area is 206 Å². The van der Waals surface area contributed by atoms with Crippen LogP contribution in [-0.4, -0.2) is 65.7 Å². The lowest BCUT2D eigenvalue weighted by atomic mass is 9.96. The molecule has 1 fully saturated rings. The van der Waals surface area contributed by atoms with Crippen LogP contribution in [0.1, 0.15) is 27.6 Å². The van der Waals surface area contributed by atoms with Crippen molar-refractivity contribution in [2.24, 2.45) is 5.73 Å². The molecule has 0 bridgehead atoms. The number of amides is 3. The highest BCUT2D eigenvalue weighted by Gasteiger charge is 2.23. The van der Waals surface area contributed by atoms with Crippen LogP contribution in [0, 0.1) is 5.82 Å². The van der Waals surface area contributed by atoms with E-state index in [9.17, 15) is 14.4 Å². The zero-order valence-electron chi connectivity index (χ0n) is 20.0. The van der Waals surface area contributed by atoms with Gasteiger partial charge in [0.05, 0.1) is 11.1 Å². The van der Waals surface area contributed by atoms with Crippen LogP contribution in [0.3, 0.4) is 0 Å². The van der Waals surface area contributed by atoms with Crippen LogP contribution in [0.25, 0.3) is 32.9 Å². The number of piperazine rings is 1. The van der Waals surface area contributed by atoms with Crippen LogP contribution in [0.15, 0.2) is 48.5 Å². The third-order valence-electron chi connectivity index (χ3n) is 6.64. The Morgan fingerprint density at radius 2 is 1.69 bits per heavy atom. The van der Waals surface area contributed by atoms with Crippen LogP contribution in [0.5, 0.6) is 0 Å². The summed E-state index contributed by atoms with van der Waals surface area (Å²) in [5, 5.41) is 3.94. The van der Waals surface area contributed by atoms with Crippen LogP contribution in [0.2, 0.25) is 0 Å². The Bertz CT molecular complexity index is 1540. The summed E-state index contributed by atoms with van der Waals surface area (Å²) in [6.07, 6.45) is 0. The molecule has 1 aliphatic heterocycles. The van der Waals surface area contributed by atoms with Crippen LogP contribution < -0.4 is 11.1 Å². The van der Waals surface area contributed by atoms with Crippen molar-refractivity contribution in [2.75, 3.05) is 38.5 Å². The Morgan fingerprint density at radius 1 is 0.972 bits per heavy atom. The second kappa shape index (κ2) is 9.09. The monoisotopic (exact) mass is 487 g/mol. The normalized spacial score (nSPS) is 14.4. The number of carbonyl (C=O) groups excluding carboxylic acids is 3. The van der Waals surface area contributed by atoms with Gasteiger partial charge in [-0.25, -0.2) is 4.39 Å². The maximum absolute atomic E-state index is 15.2. The number of nitrogens with two attached hydrogens (primary N) is 1. The van der Waals surface area contributed by atoms with Crippen molar-refractivity contribution < 1.29 is 18.8 Å². The first-order valence-electron chi connectivity index (χ1n) is 11.7. The van der Waals surface area contributed by atoms with Crippen molar-refractivity contribution in [3.05, 3.63) is 65.5 Å². The lowest BCUT2D eigenvalue weighted by molar-refractivity contribution is -0.114. The van der Waals surface area contributed by atoms with E-state index in [-0.39, 0.29) is 17.4 Å². The van der Waals surface area contributed by atoms with Crippen molar-refractivity contribution in [2.45, 2.75) is 6.92 Å². The van der Waals surface area contributed by atoms with Gasteiger partial charge >= 0.3 is 0 Å². The quantitative estimate of drug-likeness (QED) is 0.409. The van der Waals surface area contributed by atoms with E-state index in [2.05, 4.69) is 15.2 Å². The first-order chi connectivity index (χ1) is 17.2. The molecule has 1 aromatic heterocycles. The molecule has 184 valence electrons. The summed E-state index contributed by atoms with van der Waals surface area (Å²) in [4.78, 5) is 43.9. The van der Waals surface area contributed by atoms with E-state index in [1.54, 1.807) is 36.4 Å². The minimum Gasteiger partial charge on any atom is -0.366 e. The summed E-state index contributed by atoms with van der Waals surface area (Å²) in [5.74, 6) is -1.49. The van der Waals surface area contributed by atoms with Gasteiger partial charge in [-0.15, -0.1) is 0 Å². The predicted molar refractivity (Wildman–Crippen MR) is 137 cm³/mol. The fraction of sp³-hybridized carbons (Fsp3) is 0.222. The number of nitrogens with one attached hydrogen (secondary N) is 2. The van der Waals surface area contributed by atoms with Gasteiger partial charge in [-0.1, -0.05) is 12.1 Å². The molecule has 4 N–H and O–H groups in total. The number of aromatic nitrogens is 1. The van der Waals surface area contributed by atoms with Crippen molar-refractivity contribution in [3.8, 4) is 11.1 Å². The van der Waals surface area contributed by atoms with Crippen LogP contribution in [0.4, 0.5) is 10.1 Å². The van der Waals surface area contributed by atoms with E-state index in [4.69, 9.17) is 5.73 Å². The average molecular weight is 488 g/mol. The molecule has 0 radical (unpaired) electrons. The van der Waals surface area contributed by atoms with E-state index < -0.39 is 11.7 Å². The van der Waals surface area contributed by atoms with Gasteiger partial charge in [0.1, 0.15) is 5.82 Å². The Kier molecular flexibility index (Phi) is 5.93. The molecule has 2 heterocycles. The molecule has 0 saturated carbocycles. The molecule has 5 rings (SSSR count). The number of halogens is 1. The minimum atomic E-state index is -0.617. The number of nitrogens with zero attached hydrogens (tertiary/aromatic N) is 2. The molecule has 9 heteroatoms. The van der Waals surface area contributed by atoms with Crippen molar-refractivity contribution in [1.82, 2.24) is 14.8 Å². The number of rotatable bonds is 4. The van der Waals surface area contributed by atoms with Crippen molar-refractivity contribution in [3.63, 3.8) is 0 Å². The van der Waals surface area contributed by atoms with Crippen molar-refractivity contribution >= 4 is 45.2 Å². The largest absolute Gasteiger partial charge is 0.366 e. The molecule has 0 aliphatic carbocycles. The highest BCUT2D eigenvalue weighted by molar-refractivity contribution is 6.20. The summed E-state index contributed by atoms with van der Waals surface area (Å²) < 4.78 is 15.2. The standard InChI is InChI=1S/C27H26FN5O3/c1-15(34)30-17-4-6-18(22(28)14-17)19-7-8-21(26(29)35)25-24(19)20-5-3-16(13-23(20)31-25)27(36)33-11-9-32(2)10-12-33/h3-8,13-14,31H,9-12H2,1-2H3,(H2,29,35)(H,30,34). The number of hydrogen-bond donors (Lipinski definition) is 3. The molecule has 4 aromatic rings. The van der Waals surface area contributed by atoms with Gasteiger partial charge in [-0.3, -0.25) is 14.4 Å². The predicted octanol–water partition coefficient (Wildman–Crippen LogP) is 3.57. The summed E-state index contributed by atoms with van der Waals surface area (Å²) in [5.41, 5.74) is 8.78. The summed E-state index contributed by atoms with van der Waals surface area (Å²) >= 11 is 0. The van der Waals surface area contributed by atoms with Gasteiger partial charge in [0.25, 0.3) is 11.8 Å². The lowest BCUT2D eigenvalue weighted by Crippen LogP contribution is -2.47. The average Bonchev–Trinajstić information content (AvgIpc) is 3.22. The highest BCUT2D eigenvalue weighted by atomic mass is 19.1. The third-order valence-corrected chi connectivity index (χ3v) is 6.64. The molecule has 1 aliphatic rings. The Hall–Kier alpha value is -4.24. The number of aromatic amines is 1. The van der Waals surface area contributed by atoms with Crippen LogP contribution >= 0.6 is 0 Å². The maximum atomic E-state index is 15.2. The number of hydrogen-bond acceptors (Lipinski definition) is 4. The second-order valence-electron chi connectivity index (χ2n) is 9.13. The van der Waals surface area contributed by atoms with Crippen LogP contribution in [-0.2, 0) is 4.79 Å². The second-order valence-corrected chi connectivity index (χ2v) is 9.13. The molecule has 0 unspecified atom stereocenters. The third kappa shape index (κ3) is 4.18.